The summed E-state index contributed by atoms with van der Waals surface area (Å²) >= 11 is 5.96. The maximum atomic E-state index is 12.7. The van der Waals surface area contributed by atoms with E-state index >= 15 is 0 Å². The van der Waals surface area contributed by atoms with Crippen LogP contribution in [0.25, 0.3) is 0 Å². The number of aromatic amines is 4. The van der Waals surface area contributed by atoms with Crippen LogP contribution in [-0.4, -0.2) is 27.0 Å². The van der Waals surface area contributed by atoms with Crippen molar-refractivity contribution in [3.8, 4) is 11.5 Å². The molecule has 0 saturated carbocycles. The molecule has 0 aliphatic heterocycles. The second-order valence-corrected chi connectivity index (χ2v) is 8.16. The number of aryl methyl sites for hydroxylation is 2. The maximum Gasteiger partial charge on any atom is 0.268 e. The van der Waals surface area contributed by atoms with Crippen molar-refractivity contribution in [2.45, 2.75) is 33.3 Å². The molecule has 0 spiro atoms. The first-order chi connectivity index (χ1) is 15.9. The summed E-state index contributed by atoms with van der Waals surface area (Å²) in [4.78, 5) is 25.3. The SMILES string of the molecule is CCOc1cc(C(c2c(C)[nH][nH]c2=O)c2c(C)[nH][nH]c2=O)ccc1OCc1ccc(Cl)cc1. The lowest BCUT2D eigenvalue weighted by Gasteiger charge is -2.19. The van der Waals surface area contributed by atoms with Crippen molar-refractivity contribution in [3.05, 3.63) is 102 Å². The third kappa shape index (κ3) is 4.61. The molecular formula is C24H25ClN4O4. The highest BCUT2D eigenvalue weighted by Gasteiger charge is 2.29. The Morgan fingerprint density at radius 1 is 0.818 bits per heavy atom. The largest absolute Gasteiger partial charge is 0.490 e. The molecule has 0 radical (unpaired) electrons. The van der Waals surface area contributed by atoms with Crippen LogP contribution in [0.5, 0.6) is 11.5 Å². The minimum Gasteiger partial charge on any atom is -0.490 e. The van der Waals surface area contributed by atoms with Crippen molar-refractivity contribution < 1.29 is 9.47 Å². The van der Waals surface area contributed by atoms with E-state index in [2.05, 4.69) is 20.4 Å². The van der Waals surface area contributed by atoms with Gasteiger partial charge in [-0.2, -0.15) is 0 Å². The van der Waals surface area contributed by atoms with E-state index in [4.69, 9.17) is 21.1 Å². The molecule has 0 atom stereocenters. The van der Waals surface area contributed by atoms with E-state index in [1.165, 1.54) is 0 Å². The summed E-state index contributed by atoms with van der Waals surface area (Å²) in [6.45, 7) is 6.24. The summed E-state index contributed by atoms with van der Waals surface area (Å²) in [5.74, 6) is 0.497. The zero-order chi connectivity index (χ0) is 23.5. The van der Waals surface area contributed by atoms with E-state index in [1.807, 2.05) is 43.3 Å². The van der Waals surface area contributed by atoms with Crippen molar-refractivity contribution >= 4 is 11.6 Å². The summed E-state index contributed by atoms with van der Waals surface area (Å²) in [6, 6.07) is 12.9. The Labute approximate surface area is 194 Å². The molecule has 0 bridgehead atoms. The average molecular weight is 469 g/mol. The highest BCUT2D eigenvalue weighted by atomic mass is 35.5. The molecule has 0 aliphatic rings. The van der Waals surface area contributed by atoms with Crippen LogP contribution >= 0.6 is 11.6 Å². The van der Waals surface area contributed by atoms with E-state index in [-0.39, 0.29) is 11.1 Å². The van der Waals surface area contributed by atoms with Crippen molar-refractivity contribution in [3.63, 3.8) is 0 Å². The van der Waals surface area contributed by atoms with Gasteiger partial charge < -0.3 is 19.7 Å². The predicted molar refractivity (Wildman–Crippen MR) is 127 cm³/mol. The maximum absolute atomic E-state index is 12.7. The topological polar surface area (TPSA) is 116 Å². The molecule has 33 heavy (non-hydrogen) atoms. The molecule has 2 heterocycles. The molecule has 2 aromatic carbocycles. The monoisotopic (exact) mass is 468 g/mol. The summed E-state index contributed by atoms with van der Waals surface area (Å²) < 4.78 is 11.9. The number of hydrogen-bond donors (Lipinski definition) is 4. The van der Waals surface area contributed by atoms with Gasteiger partial charge in [-0.05, 0) is 56.2 Å². The molecule has 0 saturated heterocycles. The molecule has 0 unspecified atom stereocenters. The van der Waals surface area contributed by atoms with Gasteiger partial charge in [-0.25, -0.2) is 0 Å². The summed E-state index contributed by atoms with van der Waals surface area (Å²) in [5, 5.41) is 11.6. The highest BCUT2D eigenvalue weighted by molar-refractivity contribution is 6.30. The van der Waals surface area contributed by atoms with Crippen LogP contribution in [0.1, 0.15) is 46.5 Å². The number of rotatable bonds is 8. The number of benzene rings is 2. The van der Waals surface area contributed by atoms with Crippen LogP contribution in [0.4, 0.5) is 0 Å². The Balaban J connectivity index is 1.76. The molecule has 4 N–H and O–H groups in total. The second kappa shape index (κ2) is 9.46. The second-order valence-electron chi connectivity index (χ2n) is 7.72. The molecule has 172 valence electrons. The smallest absolute Gasteiger partial charge is 0.268 e. The van der Waals surface area contributed by atoms with Crippen molar-refractivity contribution in [1.82, 2.24) is 20.4 Å². The number of halogens is 1. The lowest BCUT2D eigenvalue weighted by Crippen LogP contribution is -2.20. The van der Waals surface area contributed by atoms with Gasteiger partial charge in [0.1, 0.15) is 6.61 Å². The Morgan fingerprint density at radius 2 is 1.42 bits per heavy atom. The fourth-order valence-electron chi connectivity index (χ4n) is 3.92. The lowest BCUT2D eigenvalue weighted by atomic mass is 9.85. The molecule has 2 aromatic heterocycles. The van der Waals surface area contributed by atoms with Crippen LogP contribution in [0, 0.1) is 13.8 Å². The van der Waals surface area contributed by atoms with E-state index in [0.29, 0.717) is 52.3 Å². The number of H-pyrrole nitrogens is 4. The van der Waals surface area contributed by atoms with Gasteiger partial charge in [0.05, 0.1) is 17.7 Å². The quantitative estimate of drug-likeness (QED) is 0.311. The molecule has 0 aliphatic carbocycles. The molecule has 0 amide bonds. The molecular weight excluding hydrogens is 444 g/mol. The Kier molecular flexibility index (Phi) is 6.46. The van der Waals surface area contributed by atoms with Gasteiger partial charge in [-0.1, -0.05) is 29.8 Å². The van der Waals surface area contributed by atoms with Crippen molar-refractivity contribution in [2.75, 3.05) is 6.61 Å². The number of nitrogens with one attached hydrogen (secondary N) is 4. The minimum absolute atomic E-state index is 0.279. The number of aromatic nitrogens is 4. The summed E-state index contributed by atoms with van der Waals surface area (Å²) in [5.41, 5.74) is 3.40. The zero-order valence-corrected chi connectivity index (χ0v) is 19.3. The van der Waals surface area contributed by atoms with Crippen LogP contribution in [0.2, 0.25) is 5.02 Å². The van der Waals surface area contributed by atoms with Gasteiger partial charge in [0.25, 0.3) is 11.1 Å². The Hall–Kier alpha value is -3.65. The van der Waals surface area contributed by atoms with Crippen LogP contribution in [-0.2, 0) is 6.61 Å². The standard InChI is InChI=1S/C24H25ClN4O4/c1-4-32-19-11-16(7-10-18(19)33-12-15-5-8-17(25)9-6-15)22(20-13(2)26-28-23(20)30)21-14(3)27-29-24(21)31/h5-11,22H,4,12H2,1-3H3,(H2,26,28,30)(H2,27,29,31). The van der Waals surface area contributed by atoms with Crippen LogP contribution in [0.15, 0.2) is 52.1 Å². The minimum atomic E-state index is -0.598. The first-order valence-corrected chi connectivity index (χ1v) is 10.9. The normalized spacial score (nSPS) is 11.2. The van der Waals surface area contributed by atoms with Gasteiger partial charge in [-0.15, -0.1) is 0 Å². The number of hydrogen-bond acceptors (Lipinski definition) is 4. The fourth-order valence-corrected chi connectivity index (χ4v) is 4.04. The first kappa shape index (κ1) is 22.5. The molecule has 8 nitrogen and oxygen atoms in total. The highest BCUT2D eigenvalue weighted by Crippen LogP contribution is 2.37. The molecule has 4 rings (SSSR count). The van der Waals surface area contributed by atoms with E-state index in [9.17, 15) is 9.59 Å². The molecule has 0 fully saturated rings. The van der Waals surface area contributed by atoms with Gasteiger partial charge in [0.15, 0.2) is 11.5 Å². The lowest BCUT2D eigenvalue weighted by molar-refractivity contribution is 0.269. The molecule has 4 aromatic rings. The van der Waals surface area contributed by atoms with Gasteiger partial charge in [-0.3, -0.25) is 19.8 Å². The van der Waals surface area contributed by atoms with Gasteiger partial charge in [0, 0.05) is 22.3 Å². The van der Waals surface area contributed by atoms with E-state index in [0.717, 1.165) is 11.1 Å². The summed E-state index contributed by atoms with van der Waals surface area (Å²) in [7, 11) is 0. The molecule has 9 heteroatoms. The fraction of sp³-hybridized carbons (Fsp3) is 0.250. The Morgan fingerprint density at radius 3 is 1.94 bits per heavy atom. The van der Waals surface area contributed by atoms with E-state index < -0.39 is 5.92 Å². The first-order valence-electron chi connectivity index (χ1n) is 10.6. The predicted octanol–water partition coefficient (Wildman–Crippen LogP) is 4.15. The average Bonchev–Trinajstić information content (AvgIpc) is 3.31. The van der Waals surface area contributed by atoms with Crippen LogP contribution in [0.3, 0.4) is 0 Å². The zero-order valence-electron chi connectivity index (χ0n) is 18.5. The van der Waals surface area contributed by atoms with Crippen molar-refractivity contribution in [2.24, 2.45) is 0 Å². The third-order valence-corrected chi connectivity index (χ3v) is 5.76. The van der Waals surface area contributed by atoms with Crippen molar-refractivity contribution in [1.29, 1.82) is 0 Å². The van der Waals surface area contributed by atoms with Gasteiger partial charge >= 0.3 is 0 Å². The van der Waals surface area contributed by atoms with Gasteiger partial charge in [0.2, 0.25) is 0 Å². The van der Waals surface area contributed by atoms with Crippen LogP contribution < -0.4 is 20.6 Å². The Bertz CT molecular complexity index is 1310. The number of ether oxygens (including phenoxy) is 2. The summed E-state index contributed by atoms with van der Waals surface area (Å²) in [6.07, 6.45) is 0. The van der Waals surface area contributed by atoms with E-state index in [1.54, 1.807) is 19.9 Å². The third-order valence-electron chi connectivity index (χ3n) is 5.51.